The molecule has 2 aromatic rings. The highest BCUT2D eigenvalue weighted by Gasteiger charge is 2.12. The predicted molar refractivity (Wildman–Crippen MR) is 115 cm³/mol. The lowest BCUT2D eigenvalue weighted by Crippen LogP contribution is -2.43. The minimum Gasteiger partial charge on any atom is -0.497 e. The van der Waals surface area contributed by atoms with Crippen LogP contribution in [0.4, 0.5) is 4.39 Å². The molecule has 0 atom stereocenters. The quantitative estimate of drug-likeness (QED) is 0.529. The molecule has 2 aromatic carbocycles. The van der Waals surface area contributed by atoms with E-state index < -0.39 is 5.82 Å². The van der Waals surface area contributed by atoms with Crippen molar-refractivity contribution in [2.75, 3.05) is 41.9 Å². The van der Waals surface area contributed by atoms with Crippen LogP contribution in [0.15, 0.2) is 47.5 Å². The molecular formula is C22H29FN4O3. The molecular weight excluding hydrogens is 387 g/mol. The Kier molecular flexibility index (Phi) is 8.46. The molecule has 0 spiro atoms. The van der Waals surface area contributed by atoms with Gasteiger partial charge in [-0.25, -0.2) is 9.38 Å². The van der Waals surface area contributed by atoms with Crippen LogP contribution >= 0.6 is 0 Å². The summed E-state index contributed by atoms with van der Waals surface area (Å²) in [5, 5.41) is 3.09. The number of carbonyl (C=O) groups is 1. The van der Waals surface area contributed by atoms with Gasteiger partial charge in [-0.2, -0.15) is 0 Å². The van der Waals surface area contributed by atoms with E-state index in [4.69, 9.17) is 9.47 Å². The third kappa shape index (κ3) is 6.65. The van der Waals surface area contributed by atoms with E-state index in [-0.39, 0.29) is 18.2 Å². The van der Waals surface area contributed by atoms with Crippen molar-refractivity contribution in [2.45, 2.75) is 13.1 Å². The number of benzene rings is 2. The van der Waals surface area contributed by atoms with Gasteiger partial charge in [0, 0.05) is 27.7 Å². The summed E-state index contributed by atoms with van der Waals surface area (Å²) in [6, 6.07) is 12.4. The highest BCUT2D eigenvalue weighted by Crippen LogP contribution is 2.18. The molecule has 0 aromatic heterocycles. The molecule has 0 saturated carbocycles. The largest absolute Gasteiger partial charge is 0.497 e. The molecule has 1 N–H and O–H groups in total. The smallest absolute Gasteiger partial charge is 0.241 e. The molecule has 30 heavy (non-hydrogen) atoms. The molecule has 0 radical (unpaired) electrons. The third-order valence-corrected chi connectivity index (χ3v) is 4.46. The molecule has 0 bridgehead atoms. The Morgan fingerprint density at radius 1 is 1.03 bits per heavy atom. The normalized spacial score (nSPS) is 11.1. The van der Waals surface area contributed by atoms with E-state index in [2.05, 4.69) is 10.3 Å². The number of nitrogens with one attached hydrogen (secondary N) is 1. The van der Waals surface area contributed by atoms with Gasteiger partial charge in [0.05, 0.1) is 27.3 Å². The van der Waals surface area contributed by atoms with Crippen LogP contribution < -0.4 is 14.8 Å². The highest BCUT2D eigenvalue weighted by atomic mass is 19.1. The number of hydrogen-bond acceptors (Lipinski definition) is 4. The molecule has 0 unspecified atom stereocenters. The maximum Gasteiger partial charge on any atom is 0.241 e. The molecule has 0 aliphatic rings. The summed E-state index contributed by atoms with van der Waals surface area (Å²) in [5.74, 6) is 1.02. The van der Waals surface area contributed by atoms with Crippen molar-refractivity contribution in [3.8, 4) is 11.5 Å². The fourth-order valence-corrected chi connectivity index (χ4v) is 2.68. The lowest BCUT2D eigenvalue weighted by molar-refractivity contribution is -0.127. The molecule has 0 saturated heterocycles. The van der Waals surface area contributed by atoms with Crippen LogP contribution in [0.3, 0.4) is 0 Å². The number of rotatable bonds is 8. The standard InChI is InChI=1S/C22H29FN4O3/c1-26(2)21(28)14-25-22(24-13-16-6-9-18(29-4)10-7-16)27(3)15-17-8-11-20(30-5)19(23)12-17/h6-12H,13-15H2,1-5H3,(H,24,25). The monoisotopic (exact) mass is 416 g/mol. The van der Waals surface area contributed by atoms with Gasteiger partial charge in [0.25, 0.3) is 0 Å². The van der Waals surface area contributed by atoms with E-state index in [0.29, 0.717) is 19.0 Å². The van der Waals surface area contributed by atoms with Crippen LogP contribution in [0.25, 0.3) is 0 Å². The van der Waals surface area contributed by atoms with Crippen molar-refractivity contribution in [1.82, 2.24) is 15.1 Å². The summed E-state index contributed by atoms with van der Waals surface area (Å²) in [4.78, 5) is 20.0. The van der Waals surface area contributed by atoms with E-state index in [0.717, 1.165) is 16.9 Å². The second-order valence-corrected chi connectivity index (χ2v) is 6.95. The van der Waals surface area contributed by atoms with Crippen LogP contribution in [0.2, 0.25) is 0 Å². The SMILES string of the molecule is COc1ccc(CN=C(NCC(=O)N(C)C)N(C)Cc2ccc(OC)c(F)c2)cc1. The topological polar surface area (TPSA) is 66.4 Å². The highest BCUT2D eigenvalue weighted by molar-refractivity contribution is 5.86. The summed E-state index contributed by atoms with van der Waals surface area (Å²) in [6.07, 6.45) is 0. The van der Waals surface area contributed by atoms with Crippen LogP contribution in [0.5, 0.6) is 11.5 Å². The van der Waals surface area contributed by atoms with Gasteiger partial charge in [-0.1, -0.05) is 18.2 Å². The van der Waals surface area contributed by atoms with Gasteiger partial charge < -0.3 is 24.6 Å². The summed E-state index contributed by atoms with van der Waals surface area (Å²) < 4.78 is 24.2. The number of likely N-dealkylation sites (N-methyl/N-ethyl adjacent to an activating group) is 1. The molecule has 8 heteroatoms. The molecule has 0 aliphatic heterocycles. The Balaban J connectivity index is 2.15. The van der Waals surface area contributed by atoms with E-state index in [9.17, 15) is 9.18 Å². The van der Waals surface area contributed by atoms with Gasteiger partial charge in [-0.3, -0.25) is 4.79 Å². The van der Waals surface area contributed by atoms with Gasteiger partial charge in [0.2, 0.25) is 5.91 Å². The molecule has 1 amide bonds. The minimum absolute atomic E-state index is 0.0731. The summed E-state index contributed by atoms with van der Waals surface area (Å²) in [7, 11) is 8.28. The first-order chi connectivity index (χ1) is 14.3. The number of amides is 1. The second-order valence-electron chi connectivity index (χ2n) is 6.95. The number of guanidine groups is 1. The van der Waals surface area contributed by atoms with Crippen molar-refractivity contribution < 1.29 is 18.7 Å². The zero-order chi connectivity index (χ0) is 22.1. The Bertz CT molecular complexity index is 869. The van der Waals surface area contributed by atoms with E-state index in [1.807, 2.05) is 36.2 Å². The van der Waals surface area contributed by atoms with Gasteiger partial charge in [-0.15, -0.1) is 0 Å². The number of aliphatic imine (C=N–C) groups is 1. The lowest BCUT2D eigenvalue weighted by Gasteiger charge is -2.23. The van der Waals surface area contributed by atoms with Crippen LogP contribution in [-0.4, -0.2) is 63.6 Å². The first-order valence-electron chi connectivity index (χ1n) is 9.49. The van der Waals surface area contributed by atoms with Crippen LogP contribution in [0, 0.1) is 5.82 Å². The molecule has 7 nitrogen and oxygen atoms in total. The van der Waals surface area contributed by atoms with Crippen molar-refractivity contribution >= 4 is 11.9 Å². The third-order valence-electron chi connectivity index (χ3n) is 4.46. The summed E-state index contributed by atoms with van der Waals surface area (Å²) in [5.41, 5.74) is 1.76. The maximum atomic E-state index is 14.0. The van der Waals surface area contributed by atoms with Gasteiger partial charge in [0.1, 0.15) is 5.75 Å². The fourth-order valence-electron chi connectivity index (χ4n) is 2.68. The Labute approximate surface area is 177 Å². The summed E-state index contributed by atoms with van der Waals surface area (Å²) >= 11 is 0. The molecule has 0 fully saturated rings. The van der Waals surface area contributed by atoms with Gasteiger partial charge in [-0.05, 0) is 35.4 Å². The van der Waals surface area contributed by atoms with E-state index in [1.165, 1.54) is 18.1 Å². The molecule has 2 rings (SSSR count). The lowest BCUT2D eigenvalue weighted by atomic mass is 10.2. The number of carbonyl (C=O) groups excluding carboxylic acids is 1. The average Bonchev–Trinajstić information content (AvgIpc) is 2.73. The Morgan fingerprint density at radius 2 is 1.70 bits per heavy atom. The van der Waals surface area contributed by atoms with Gasteiger partial charge in [0.15, 0.2) is 17.5 Å². The molecule has 0 heterocycles. The minimum atomic E-state index is -0.420. The molecule has 162 valence electrons. The number of methoxy groups -OCH3 is 2. The Morgan fingerprint density at radius 3 is 2.27 bits per heavy atom. The zero-order valence-electron chi connectivity index (χ0n) is 18.1. The number of ether oxygens (including phenoxy) is 2. The first kappa shape index (κ1) is 23.0. The van der Waals surface area contributed by atoms with Crippen molar-refractivity contribution in [2.24, 2.45) is 4.99 Å². The average molecular weight is 416 g/mol. The van der Waals surface area contributed by atoms with Crippen molar-refractivity contribution in [3.63, 3.8) is 0 Å². The molecule has 0 aliphatic carbocycles. The zero-order valence-corrected chi connectivity index (χ0v) is 18.1. The van der Waals surface area contributed by atoms with Crippen molar-refractivity contribution in [3.05, 3.63) is 59.4 Å². The van der Waals surface area contributed by atoms with E-state index >= 15 is 0 Å². The number of halogens is 1. The van der Waals surface area contributed by atoms with Crippen molar-refractivity contribution in [1.29, 1.82) is 0 Å². The first-order valence-corrected chi connectivity index (χ1v) is 9.49. The van der Waals surface area contributed by atoms with Crippen LogP contribution in [-0.2, 0) is 17.9 Å². The second kappa shape index (κ2) is 11.0. The fraction of sp³-hybridized carbons (Fsp3) is 0.364. The van der Waals surface area contributed by atoms with E-state index in [1.54, 1.807) is 33.3 Å². The van der Waals surface area contributed by atoms with Crippen LogP contribution in [0.1, 0.15) is 11.1 Å². The summed E-state index contributed by atoms with van der Waals surface area (Å²) in [6.45, 7) is 0.936. The maximum absolute atomic E-state index is 14.0. The van der Waals surface area contributed by atoms with Gasteiger partial charge >= 0.3 is 0 Å². The Hall–Kier alpha value is -3.29. The predicted octanol–water partition coefficient (Wildman–Crippen LogP) is 2.51. The number of nitrogens with zero attached hydrogens (tertiary/aromatic N) is 3. The number of hydrogen-bond donors (Lipinski definition) is 1.